The first-order chi connectivity index (χ1) is 5.75. The van der Waals surface area contributed by atoms with Crippen LogP contribution in [0, 0.1) is 12.8 Å². The lowest BCUT2D eigenvalue weighted by atomic mass is 10.2. The summed E-state index contributed by atoms with van der Waals surface area (Å²) in [7, 11) is 0. The molecule has 0 amide bonds. The monoisotopic (exact) mass is 165 g/mol. The van der Waals surface area contributed by atoms with E-state index in [9.17, 15) is 0 Å². The normalized spacial score (nSPS) is 19.5. The predicted molar refractivity (Wildman–Crippen MR) is 47.5 cm³/mol. The van der Waals surface area contributed by atoms with Crippen LogP contribution in [0.25, 0.3) is 0 Å². The van der Waals surface area contributed by atoms with E-state index in [4.69, 9.17) is 5.73 Å². The molecule has 1 saturated carbocycles. The summed E-state index contributed by atoms with van der Waals surface area (Å²) in [6.45, 7) is 1.99. The lowest BCUT2D eigenvalue weighted by molar-refractivity contribution is 0.455. The van der Waals surface area contributed by atoms with Crippen LogP contribution in [0.3, 0.4) is 0 Å². The highest BCUT2D eigenvalue weighted by Crippen LogP contribution is 2.35. The first-order valence-corrected chi connectivity index (χ1v) is 4.51. The van der Waals surface area contributed by atoms with E-state index in [0.717, 1.165) is 18.0 Å². The maximum absolute atomic E-state index is 5.97. The zero-order chi connectivity index (χ0) is 8.55. The second-order valence-electron chi connectivity index (χ2n) is 3.71. The van der Waals surface area contributed by atoms with E-state index in [0.29, 0.717) is 0 Å². The number of hydrogen-bond donors (Lipinski definition) is 1. The molecule has 1 heterocycles. The first kappa shape index (κ1) is 7.80. The summed E-state index contributed by atoms with van der Waals surface area (Å²) in [6.07, 6.45) is 7.80. The minimum absolute atomic E-state index is 0.138. The maximum Gasteiger partial charge on any atom is 0.0962 e. The van der Waals surface area contributed by atoms with Crippen molar-refractivity contribution >= 4 is 0 Å². The lowest BCUT2D eigenvalue weighted by Crippen LogP contribution is -2.17. The molecule has 0 spiro atoms. The molecule has 66 valence electrons. The lowest BCUT2D eigenvalue weighted by Gasteiger charge is -2.11. The number of rotatable bonds is 3. The van der Waals surface area contributed by atoms with Gasteiger partial charge in [-0.3, -0.25) is 0 Å². The molecular weight excluding hydrogens is 150 g/mol. The van der Waals surface area contributed by atoms with Crippen LogP contribution in [0.4, 0.5) is 0 Å². The van der Waals surface area contributed by atoms with Gasteiger partial charge in [-0.25, -0.2) is 4.98 Å². The van der Waals surface area contributed by atoms with Crippen molar-refractivity contribution in [2.24, 2.45) is 11.7 Å². The molecule has 3 heteroatoms. The quantitative estimate of drug-likeness (QED) is 0.736. The summed E-state index contributed by atoms with van der Waals surface area (Å²) < 4.78 is 2.01. The van der Waals surface area contributed by atoms with Crippen LogP contribution < -0.4 is 5.73 Å². The topological polar surface area (TPSA) is 43.8 Å². The second-order valence-corrected chi connectivity index (χ2v) is 3.71. The highest BCUT2D eigenvalue weighted by atomic mass is 15.1. The molecule has 0 unspecified atom stereocenters. The summed E-state index contributed by atoms with van der Waals surface area (Å²) in [4.78, 5) is 4.15. The molecular formula is C9H15N3. The van der Waals surface area contributed by atoms with Gasteiger partial charge in [-0.1, -0.05) is 12.8 Å². The van der Waals surface area contributed by atoms with Crippen LogP contribution in [0.15, 0.2) is 12.5 Å². The van der Waals surface area contributed by atoms with Gasteiger partial charge in [-0.2, -0.15) is 0 Å². The minimum atomic E-state index is 0.138. The van der Waals surface area contributed by atoms with Gasteiger partial charge in [0.1, 0.15) is 0 Å². The summed E-state index contributed by atoms with van der Waals surface area (Å²) >= 11 is 0. The smallest absolute Gasteiger partial charge is 0.0962 e. The van der Waals surface area contributed by atoms with Crippen molar-refractivity contribution in [1.29, 1.82) is 0 Å². The largest absolute Gasteiger partial charge is 0.321 e. The predicted octanol–water partition coefficient (Wildman–Crippen LogP) is 1.45. The second kappa shape index (κ2) is 2.90. The molecule has 2 rings (SSSR count). The molecule has 1 atom stereocenters. The summed E-state index contributed by atoms with van der Waals surface area (Å²) in [5, 5.41) is 0. The van der Waals surface area contributed by atoms with Gasteiger partial charge < -0.3 is 10.3 Å². The van der Waals surface area contributed by atoms with Gasteiger partial charge in [0.15, 0.2) is 0 Å². The van der Waals surface area contributed by atoms with Gasteiger partial charge in [-0.15, -0.1) is 0 Å². The van der Waals surface area contributed by atoms with Crippen LogP contribution >= 0.6 is 0 Å². The molecule has 1 fully saturated rings. The van der Waals surface area contributed by atoms with E-state index in [-0.39, 0.29) is 6.17 Å². The Morgan fingerprint density at radius 3 is 3.00 bits per heavy atom. The number of hydrogen-bond acceptors (Lipinski definition) is 2. The van der Waals surface area contributed by atoms with Crippen molar-refractivity contribution in [2.75, 3.05) is 0 Å². The Kier molecular flexibility index (Phi) is 1.89. The van der Waals surface area contributed by atoms with E-state index >= 15 is 0 Å². The highest BCUT2D eigenvalue weighted by Gasteiger charge is 2.24. The van der Waals surface area contributed by atoms with Gasteiger partial charge >= 0.3 is 0 Å². The van der Waals surface area contributed by atoms with Crippen LogP contribution in [0.5, 0.6) is 0 Å². The number of aryl methyl sites for hydroxylation is 1. The third-order valence-electron chi connectivity index (χ3n) is 2.39. The van der Waals surface area contributed by atoms with Crippen LogP contribution in [-0.2, 0) is 0 Å². The van der Waals surface area contributed by atoms with E-state index in [1.807, 2.05) is 24.0 Å². The fraction of sp³-hybridized carbons (Fsp3) is 0.667. The average Bonchev–Trinajstić information content (AvgIpc) is 2.72. The van der Waals surface area contributed by atoms with Crippen molar-refractivity contribution in [3.05, 3.63) is 18.2 Å². The van der Waals surface area contributed by atoms with Crippen LogP contribution in [0.1, 0.15) is 31.1 Å². The zero-order valence-corrected chi connectivity index (χ0v) is 7.40. The molecule has 1 aromatic heterocycles. The zero-order valence-electron chi connectivity index (χ0n) is 7.40. The van der Waals surface area contributed by atoms with Crippen molar-refractivity contribution in [3.8, 4) is 0 Å². The van der Waals surface area contributed by atoms with E-state index in [1.165, 1.54) is 12.8 Å². The summed E-state index contributed by atoms with van der Waals surface area (Å²) in [6, 6.07) is 0. The van der Waals surface area contributed by atoms with Crippen molar-refractivity contribution in [3.63, 3.8) is 0 Å². The van der Waals surface area contributed by atoms with E-state index in [2.05, 4.69) is 4.98 Å². The fourth-order valence-electron chi connectivity index (χ4n) is 1.44. The Morgan fingerprint density at radius 1 is 1.75 bits per heavy atom. The molecule has 1 aliphatic carbocycles. The van der Waals surface area contributed by atoms with Crippen molar-refractivity contribution in [2.45, 2.75) is 32.4 Å². The number of nitrogens with two attached hydrogens (primary N) is 1. The minimum Gasteiger partial charge on any atom is -0.321 e. The molecule has 1 aromatic rings. The number of imidazole rings is 1. The maximum atomic E-state index is 5.97. The molecule has 12 heavy (non-hydrogen) atoms. The van der Waals surface area contributed by atoms with Crippen molar-refractivity contribution in [1.82, 2.24) is 9.55 Å². The highest BCUT2D eigenvalue weighted by molar-refractivity contribution is 4.94. The standard InChI is InChI=1S/C9H15N3/c1-7-5-12(6-11-7)9(10)4-8-2-3-8/h5-6,8-9H,2-4,10H2,1H3/t9-/m0/s1. The number of nitrogens with zero attached hydrogens (tertiary/aromatic N) is 2. The van der Waals surface area contributed by atoms with E-state index in [1.54, 1.807) is 0 Å². The SMILES string of the molecule is Cc1cn([C@H](N)CC2CC2)cn1. The van der Waals surface area contributed by atoms with Crippen LogP contribution in [0.2, 0.25) is 0 Å². The Morgan fingerprint density at radius 2 is 2.50 bits per heavy atom. The Balaban J connectivity index is 1.97. The van der Waals surface area contributed by atoms with Gasteiger partial charge in [-0.05, 0) is 19.3 Å². The van der Waals surface area contributed by atoms with Crippen LogP contribution in [-0.4, -0.2) is 9.55 Å². The molecule has 0 aliphatic heterocycles. The third-order valence-corrected chi connectivity index (χ3v) is 2.39. The fourth-order valence-corrected chi connectivity index (χ4v) is 1.44. The molecule has 0 radical (unpaired) electrons. The summed E-state index contributed by atoms with van der Waals surface area (Å²) in [5.41, 5.74) is 7.02. The average molecular weight is 165 g/mol. The summed E-state index contributed by atoms with van der Waals surface area (Å²) in [5.74, 6) is 0.878. The van der Waals surface area contributed by atoms with Gasteiger partial charge in [0.2, 0.25) is 0 Å². The molecule has 2 N–H and O–H groups in total. The van der Waals surface area contributed by atoms with Crippen molar-refractivity contribution < 1.29 is 0 Å². The first-order valence-electron chi connectivity index (χ1n) is 4.51. The van der Waals surface area contributed by atoms with Gasteiger partial charge in [0.25, 0.3) is 0 Å². The number of aromatic nitrogens is 2. The molecule has 0 bridgehead atoms. The Labute approximate surface area is 72.6 Å². The Bertz CT molecular complexity index is 262. The van der Waals surface area contributed by atoms with Gasteiger partial charge in [0.05, 0.1) is 18.2 Å². The Hall–Kier alpha value is -0.830. The van der Waals surface area contributed by atoms with Gasteiger partial charge in [0, 0.05) is 6.20 Å². The van der Waals surface area contributed by atoms with E-state index < -0.39 is 0 Å². The molecule has 0 saturated heterocycles. The molecule has 3 nitrogen and oxygen atoms in total. The molecule has 0 aromatic carbocycles. The third kappa shape index (κ3) is 1.67. The molecule has 1 aliphatic rings.